The van der Waals surface area contributed by atoms with Crippen molar-refractivity contribution >= 4 is 11.5 Å². The monoisotopic (exact) mass is 333 g/mol. The third-order valence-electron chi connectivity index (χ3n) is 4.28. The summed E-state index contributed by atoms with van der Waals surface area (Å²) in [6, 6.07) is 12.4. The van der Waals surface area contributed by atoms with E-state index in [1.165, 1.54) is 5.56 Å². The van der Waals surface area contributed by atoms with Crippen molar-refractivity contribution in [3.63, 3.8) is 0 Å². The quantitative estimate of drug-likeness (QED) is 0.621. The van der Waals surface area contributed by atoms with Crippen LogP contribution in [0, 0.1) is 13.8 Å². The number of benzene rings is 1. The minimum Gasteiger partial charge on any atom is -0.362 e. The largest absolute Gasteiger partial charge is 0.362 e. The fourth-order valence-corrected chi connectivity index (χ4v) is 2.85. The first-order valence-corrected chi connectivity index (χ1v) is 8.18. The highest BCUT2D eigenvalue weighted by atomic mass is 15.4. The van der Waals surface area contributed by atoms with Crippen molar-refractivity contribution in [3.05, 3.63) is 66.0 Å². The average Bonchev–Trinajstić information content (AvgIpc) is 3.21. The molecular weight excluding hydrogens is 314 g/mol. The van der Waals surface area contributed by atoms with Gasteiger partial charge in [-0.2, -0.15) is 4.52 Å². The van der Waals surface area contributed by atoms with Crippen LogP contribution in [0.1, 0.15) is 30.2 Å². The Morgan fingerprint density at radius 1 is 0.960 bits per heavy atom. The van der Waals surface area contributed by atoms with Gasteiger partial charge in [-0.1, -0.05) is 12.1 Å². The summed E-state index contributed by atoms with van der Waals surface area (Å²) < 4.78 is 3.80. The van der Waals surface area contributed by atoms with Gasteiger partial charge in [0.25, 0.3) is 0 Å². The molecule has 0 saturated carbocycles. The van der Waals surface area contributed by atoms with Crippen LogP contribution >= 0.6 is 0 Å². The van der Waals surface area contributed by atoms with Crippen LogP contribution < -0.4 is 5.32 Å². The number of aryl methyl sites for hydroxylation is 2. The van der Waals surface area contributed by atoms with Crippen LogP contribution in [0.15, 0.2) is 48.8 Å². The van der Waals surface area contributed by atoms with Crippen LogP contribution in [0.5, 0.6) is 0 Å². The van der Waals surface area contributed by atoms with Gasteiger partial charge >= 0.3 is 0 Å². The number of rotatable bonds is 4. The van der Waals surface area contributed by atoms with Crippen LogP contribution in [0.2, 0.25) is 0 Å². The molecule has 126 valence electrons. The molecule has 0 radical (unpaired) electrons. The van der Waals surface area contributed by atoms with Crippen molar-refractivity contribution in [1.82, 2.24) is 29.4 Å². The number of fused-ring (bicyclic) bond motifs is 1. The molecular formula is C18H19N7. The van der Waals surface area contributed by atoms with Gasteiger partial charge in [-0.05, 0) is 50.6 Å². The summed E-state index contributed by atoms with van der Waals surface area (Å²) in [4.78, 5) is 4.26. The summed E-state index contributed by atoms with van der Waals surface area (Å²) >= 11 is 0. The van der Waals surface area contributed by atoms with Crippen molar-refractivity contribution in [2.75, 3.05) is 5.32 Å². The van der Waals surface area contributed by atoms with E-state index in [9.17, 15) is 0 Å². The predicted octanol–water partition coefficient (Wildman–Crippen LogP) is 3.10. The number of aromatic nitrogens is 6. The SMILES string of the molecule is Cc1nccn1-c1ccc([C@H](C)Nc2ccc3nnc(C)n3n2)cc1. The van der Waals surface area contributed by atoms with E-state index in [4.69, 9.17) is 0 Å². The fourth-order valence-electron chi connectivity index (χ4n) is 2.85. The Morgan fingerprint density at radius 2 is 1.76 bits per heavy atom. The van der Waals surface area contributed by atoms with Gasteiger partial charge in [0, 0.05) is 24.1 Å². The average molecular weight is 333 g/mol. The molecule has 4 rings (SSSR count). The van der Waals surface area contributed by atoms with Crippen LogP contribution in [0.4, 0.5) is 5.82 Å². The summed E-state index contributed by atoms with van der Waals surface area (Å²) in [6.07, 6.45) is 3.77. The van der Waals surface area contributed by atoms with Gasteiger partial charge in [-0.25, -0.2) is 4.98 Å². The van der Waals surface area contributed by atoms with E-state index in [2.05, 4.69) is 61.4 Å². The van der Waals surface area contributed by atoms with Crippen LogP contribution in [0.25, 0.3) is 11.3 Å². The Labute approximate surface area is 145 Å². The number of nitrogens with zero attached hydrogens (tertiary/aromatic N) is 6. The summed E-state index contributed by atoms with van der Waals surface area (Å²) in [6.45, 7) is 5.99. The molecule has 0 aliphatic rings. The molecule has 0 spiro atoms. The highest BCUT2D eigenvalue weighted by Gasteiger charge is 2.09. The zero-order chi connectivity index (χ0) is 17.4. The molecule has 4 aromatic rings. The Morgan fingerprint density at radius 3 is 2.48 bits per heavy atom. The van der Waals surface area contributed by atoms with Gasteiger partial charge in [0.05, 0.1) is 0 Å². The van der Waals surface area contributed by atoms with Gasteiger partial charge in [0.1, 0.15) is 11.6 Å². The second kappa shape index (κ2) is 6.01. The van der Waals surface area contributed by atoms with Crippen molar-refractivity contribution < 1.29 is 0 Å². The molecule has 25 heavy (non-hydrogen) atoms. The lowest BCUT2D eigenvalue weighted by molar-refractivity contribution is 0.828. The minimum absolute atomic E-state index is 0.125. The molecule has 0 saturated heterocycles. The summed E-state index contributed by atoms with van der Waals surface area (Å²) in [5.74, 6) is 2.53. The van der Waals surface area contributed by atoms with E-state index < -0.39 is 0 Å². The molecule has 0 fully saturated rings. The smallest absolute Gasteiger partial charge is 0.178 e. The van der Waals surface area contributed by atoms with E-state index >= 15 is 0 Å². The van der Waals surface area contributed by atoms with E-state index in [0.29, 0.717) is 0 Å². The van der Waals surface area contributed by atoms with Gasteiger partial charge in [0.15, 0.2) is 11.5 Å². The van der Waals surface area contributed by atoms with Gasteiger partial charge in [-0.15, -0.1) is 15.3 Å². The third-order valence-corrected chi connectivity index (χ3v) is 4.28. The highest BCUT2D eigenvalue weighted by molar-refractivity contribution is 5.46. The van der Waals surface area contributed by atoms with Crippen LogP contribution in [0.3, 0.4) is 0 Å². The van der Waals surface area contributed by atoms with Gasteiger partial charge in [-0.3, -0.25) is 0 Å². The molecule has 1 atom stereocenters. The van der Waals surface area contributed by atoms with E-state index in [1.807, 2.05) is 38.4 Å². The number of hydrogen-bond donors (Lipinski definition) is 1. The lowest BCUT2D eigenvalue weighted by Crippen LogP contribution is -2.10. The van der Waals surface area contributed by atoms with Crippen molar-refractivity contribution in [2.45, 2.75) is 26.8 Å². The topological polar surface area (TPSA) is 72.9 Å². The number of anilines is 1. The van der Waals surface area contributed by atoms with E-state index in [1.54, 1.807) is 4.52 Å². The first-order chi connectivity index (χ1) is 12.1. The standard InChI is InChI=1S/C18H19N7/c1-12(20-17-8-9-18-22-21-14(3)25(18)23-17)15-4-6-16(7-5-15)24-11-10-19-13(24)2/h4-12H,1-3H3,(H,20,23)/t12-/m0/s1. The normalized spacial score (nSPS) is 12.4. The van der Waals surface area contributed by atoms with Crippen LogP contribution in [-0.4, -0.2) is 29.4 Å². The second-order valence-electron chi connectivity index (χ2n) is 6.04. The lowest BCUT2D eigenvalue weighted by Gasteiger charge is -2.16. The van der Waals surface area contributed by atoms with Crippen LogP contribution in [-0.2, 0) is 0 Å². The van der Waals surface area contributed by atoms with Gasteiger partial charge in [0.2, 0.25) is 0 Å². The molecule has 0 unspecified atom stereocenters. The van der Waals surface area contributed by atoms with Gasteiger partial charge < -0.3 is 9.88 Å². The maximum Gasteiger partial charge on any atom is 0.178 e. The Bertz CT molecular complexity index is 1010. The Hall–Kier alpha value is -3.22. The summed E-state index contributed by atoms with van der Waals surface area (Å²) in [7, 11) is 0. The molecule has 0 aliphatic carbocycles. The molecule has 1 N–H and O–H groups in total. The fraction of sp³-hybridized carbons (Fsp3) is 0.222. The number of imidazole rings is 1. The lowest BCUT2D eigenvalue weighted by atomic mass is 10.1. The molecule has 7 heteroatoms. The zero-order valence-electron chi connectivity index (χ0n) is 14.4. The number of nitrogens with one attached hydrogen (secondary N) is 1. The first-order valence-electron chi connectivity index (χ1n) is 8.18. The first kappa shape index (κ1) is 15.3. The molecule has 3 aromatic heterocycles. The molecule has 3 heterocycles. The van der Waals surface area contributed by atoms with Crippen molar-refractivity contribution in [1.29, 1.82) is 0 Å². The second-order valence-corrected chi connectivity index (χ2v) is 6.04. The Kier molecular flexibility index (Phi) is 3.68. The van der Waals surface area contributed by atoms with Crippen molar-refractivity contribution in [3.8, 4) is 5.69 Å². The summed E-state index contributed by atoms with van der Waals surface area (Å²) in [5.41, 5.74) is 3.03. The van der Waals surface area contributed by atoms with Crippen molar-refractivity contribution in [2.24, 2.45) is 0 Å². The molecule has 1 aromatic carbocycles. The van der Waals surface area contributed by atoms with E-state index in [-0.39, 0.29) is 6.04 Å². The molecule has 0 amide bonds. The summed E-state index contributed by atoms with van der Waals surface area (Å²) in [5, 5.41) is 16.0. The molecule has 7 nitrogen and oxygen atoms in total. The molecule has 0 aliphatic heterocycles. The number of hydrogen-bond acceptors (Lipinski definition) is 5. The third kappa shape index (κ3) is 2.84. The zero-order valence-corrected chi connectivity index (χ0v) is 14.4. The van der Waals surface area contributed by atoms with E-state index in [0.717, 1.165) is 28.8 Å². The highest BCUT2D eigenvalue weighted by Crippen LogP contribution is 2.20. The molecule has 0 bridgehead atoms. The Balaban J connectivity index is 1.54. The predicted molar refractivity (Wildman–Crippen MR) is 95.9 cm³/mol. The maximum atomic E-state index is 4.54. The minimum atomic E-state index is 0.125. The maximum absolute atomic E-state index is 4.54.